The number of carbonyl (C=O) groups is 1. The fourth-order valence-corrected chi connectivity index (χ4v) is 4.04. The van der Waals surface area contributed by atoms with E-state index in [0.29, 0.717) is 6.61 Å². The van der Waals surface area contributed by atoms with Gasteiger partial charge in [-0.25, -0.2) is 0 Å². The van der Waals surface area contributed by atoms with Gasteiger partial charge in [0.05, 0.1) is 23.2 Å². The van der Waals surface area contributed by atoms with Gasteiger partial charge >= 0.3 is 0 Å². The number of aryl methyl sites for hydroxylation is 3. The Labute approximate surface area is 200 Å². The monoisotopic (exact) mass is 454 g/mol. The van der Waals surface area contributed by atoms with Gasteiger partial charge in [0.25, 0.3) is 0 Å². The van der Waals surface area contributed by atoms with E-state index in [-0.39, 0.29) is 12.3 Å². The summed E-state index contributed by atoms with van der Waals surface area (Å²) in [5.41, 5.74) is 5.34. The third kappa shape index (κ3) is 5.20. The van der Waals surface area contributed by atoms with Crippen LogP contribution in [0.15, 0.2) is 83.4 Å². The molecule has 174 valence electrons. The number of hydrogen-bond donors (Lipinski definition) is 1. The average Bonchev–Trinajstić information content (AvgIpc) is 3.16. The van der Waals surface area contributed by atoms with Crippen molar-refractivity contribution < 1.29 is 14.1 Å². The first-order valence-electron chi connectivity index (χ1n) is 11.4. The second kappa shape index (κ2) is 9.96. The topological polar surface area (TPSA) is 64.4 Å². The van der Waals surface area contributed by atoms with Gasteiger partial charge in [0.2, 0.25) is 5.91 Å². The standard InChI is InChI=1S/C29H30N2O3/c1-20-10-14-25(15-11-20)29(4,24-8-6-5-7-9-24)30-28(32)18-23-12-16-26(17-13-23)33-19-27-21(2)31-34-22(27)3/h5-17H,18-19H2,1-4H3,(H,30,32). The molecule has 5 nitrogen and oxygen atoms in total. The third-order valence-electron chi connectivity index (χ3n) is 6.22. The summed E-state index contributed by atoms with van der Waals surface area (Å²) in [6.07, 6.45) is 0.276. The molecule has 1 heterocycles. The Morgan fingerprint density at radius 1 is 0.912 bits per heavy atom. The van der Waals surface area contributed by atoms with Crippen molar-refractivity contribution in [3.05, 3.63) is 118 Å². The fourth-order valence-electron chi connectivity index (χ4n) is 4.04. The Morgan fingerprint density at radius 2 is 1.56 bits per heavy atom. The lowest BCUT2D eigenvalue weighted by molar-refractivity contribution is -0.121. The van der Waals surface area contributed by atoms with Crippen LogP contribution in [0.4, 0.5) is 0 Å². The Morgan fingerprint density at radius 3 is 2.18 bits per heavy atom. The molecular weight excluding hydrogens is 424 g/mol. The summed E-state index contributed by atoms with van der Waals surface area (Å²) >= 11 is 0. The Kier molecular flexibility index (Phi) is 6.82. The van der Waals surface area contributed by atoms with Crippen molar-refractivity contribution in [1.29, 1.82) is 0 Å². The molecule has 0 saturated carbocycles. The van der Waals surface area contributed by atoms with Crippen LogP contribution in [-0.4, -0.2) is 11.1 Å². The zero-order valence-electron chi connectivity index (χ0n) is 20.1. The van der Waals surface area contributed by atoms with Gasteiger partial charge in [-0.2, -0.15) is 0 Å². The molecule has 1 aromatic heterocycles. The van der Waals surface area contributed by atoms with Gasteiger partial charge in [-0.3, -0.25) is 4.79 Å². The first-order chi connectivity index (χ1) is 16.3. The van der Waals surface area contributed by atoms with Crippen molar-refractivity contribution in [1.82, 2.24) is 10.5 Å². The number of carbonyl (C=O) groups excluding carboxylic acids is 1. The molecule has 5 heteroatoms. The lowest BCUT2D eigenvalue weighted by Crippen LogP contribution is -2.45. The molecule has 0 radical (unpaired) electrons. The molecule has 0 aliphatic carbocycles. The average molecular weight is 455 g/mol. The molecule has 4 rings (SSSR count). The lowest BCUT2D eigenvalue weighted by atomic mass is 9.84. The maximum absolute atomic E-state index is 13.1. The molecule has 34 heavy (non-hydrogen) atoms. The molecule has 0 spiro atoms. The molecule has 0 aliphatic rings. The molecular formula is C29H30N2O3. The highest BCUT2D eigenvalue weighted by atomic mass is 16.5. The summed E-state index contributed by atoms with van der Waals surface area (Å²) in [6.45, 7) is 8.28. The van der Waals surface area contributed by atoms with Gasteiger partial charge in [0, 0.05) is 0 Å². The first-order valence-corrected chi connectivity index (χ1v) is 11.4. The second-order valence-electron chi connectivity index (χ2n) is 8.82. The van der Waals surface area contributed by atoms with E-state index in [2.05, 4.69) is 48.6 Å². The highest BCUT2D eigenvalue weighted by Gasteiger charge is 2.30. The van der Waals surface area contributed by atoms with Gasteiger partial charge in [0.1, 0.15) is 18.1 Å². The molecule has 1 unspecified atom stereocenters. The van der Waals surface area contributed by atoms with Gasteiger partial charge < -0.3 is 14.6 Å². The number of rotatable bonds is 8. The Hall–Kier alpha value is -3.86. The van der Waals surface area contributed by atoms with Crippen molar-refractivity contribution in [2.45, 2.75) is 46.3 Å². The van der Waals surface area contributed by atoms with E-state index >= 15 is 0 Å². The summed E-state index contributed by atoms with van der Waals surface area (Å²) in [6, 6.07) is 26.0. The molecule has 1 amide bonds. The molecule has 1 atom stereocenters. The summed E-state index contributed by atoms with van der Waals surface area (Å²) in [5.74, 6) is 1.45. The van der Waals surface area contributed by atoms with E-state index in [1.165, 1.54) is 5.56 Å². The largest absolute Gasteiger partial charge is 0.489 e. The van der Waals surface area contributed by atoms with Crippen LogP contribution in [0, 0.1) is 20.8 Å². The maximum Gasteiger partial charge on any atom is 0.225 e. The van der Waals surface area contributed by atoms with Crippen LogP contribution in [0.25, 0.3) is 0 Å². The lowest BCUT2D eigenvalue weighted by Gasteiger charge is -2.32. The van der Waals surface area contributed by atoms with E-state index in [1.807, 2.05) is 68.4 Å². The molecule has 1 N–H and O–H groups in total. The number of nitrogens with one attached hydrogen (secondary N) is 1. The van der Waals surface area contributed by atoms with E-state index < -0.39 is 5.54 Å². The van der Waals surface area contributed by atoms with E-state index in [4.69, 9.17) is 9.26 Å². The van der Waals surface area contributed by atoms with Crippen LogP contribution in [0.3, 0.4) is 0 Å². The summed E-state index contributed by atoms with van der Waals surface area (Å²) in [7, 11) is 0. The Bertz CT molecular complexity index is 1230. The third-order valence-corrected chi connectivity index (χ3v) is 6.22. The summed E-state index contributed by atoms with van der Waals surface area (Å²) < 4.78 is 11.1. The van der Waals surface area contributed by atoms with Crippen LogP contribution in [0.2, 0.25) is 0 Å². The maximum atomic E-state index is 13.1. The number of aromatic nitrogens is 1. The van der Waals surface area contributed by atoms with Crippen molar-refractivity contribution in [3.63, 3.8) is 0 Å². The second-order valence-corrected chi connectivity index (χ2v) is 8.82. The summed E-state index contributed by atoms with van der Waals surface area (Å²) in [4.78, 5) is 13.1. The minimum atomic E-state index is -0.635. The van der Waals surface area contributed by atoms with Crippen molar-refractivity contribution in [2.75, 3.05) is 0 Å². The number of benzene rings is 3. The summed E-state index contributed by atoms with van der Waals surface area (Å²) in [5, 5.41) is 7.23. The van der Waals surface area contributed by atoms with Gasteiger partial charge in [-0.1, -0.05) is 77.5 Å². The van der Waals surface area contributed by atoms with Gasteiger partial charge in [-0.05, 0) is 56.5 Å². The number of nitrogens with zero attached hydrogens (tertiary/aromatic N) is 1. The predicted octanol–water partition coefficient (Wildman–Crippen LogP) is 5.80. The van der Waals surface area contributed by atoms with Crippen LogP contribution in [-0.2, 0) is 23.4 Å². The molecule has 0 aliphatic heterocycles. The van der Waals surface area contributed by atoms with Crippen LogP contribution < -0.4 is 10.1 Å². The van der Waals surface area contributed by atoms with Crippen molar-refractivity contribution in [2.24, 2.45) is 0 Å². The van der Waals surface area contributed by atoms with E-state index in [9.17, 15) is 4.79 Å². The van der Waals surface area contributed by atoms with Crippen molar-refractivity contribution >= 4 is 5.91 Å². The quantitative estimate of drug-likeness (QED) is 0.365. The normalized spacial score (nSPS) is 12.7. The van der Waals surface area contributed by atoms with Gasteiger partial charge in [0.15, 0.2) is 0 Å². The highest BCUT2D eigenvalue weighted by molar-refractivity contribution is 5.80. The van der Waals surface area contributed by atoms with Crippen molar-refractivity contribution in [3.8, 4) is 5.75 Å². The van der Waals surface area contributed by atoms with Crippen LogP contribution in [0.1, 0.15) is 46.2 Å². The number of hydrogen-bond acceptors (Lipinski definition) is 4. The number of amides is 1. The van der Waals surface area contributed by atoms with E-state index in [1.54, 1.807) is 0 Å². The van der Waals surface area contributed by atoms with E-state index in [0.717, 1.165) is 39.5 Å². The SMILES string of the molecule is Cc1ccc(C(C)(NC(=O)Cc2ccc(OCc3c(C)noc3C)cc2)c2ccccc2)cc1. The first kappa shape index (κ1) is 23.3. The molecule has 0 bridgehead atoms. The minimum absolute atomic E-state index is 0.0451. The predicted molar refractivity (Wildman–Crippen MR) is 133 cm³/mol. The molecule has 0 fully saturated rings. The zero-order chi connectivity index (χ0) is 24.1. The molecule has 3 aromatic carbocycles. The molecule has 4 aromatic rings. The molecule has 0 saturated heterocycles. The Balaban J connectivity index is 1.45. The fraction of sp³-hybridized carbons (Fsp3) is 0.241. The minimum Gasteiger partial charge on any atom is -0.489 e. The zero-order valence-corrected chi connectivity index (χ0v) is 20.1. The smallest absolute Gasteiger partial charge is 0.225 e. The van der Waals surface area contributed by atoms with Crippen LogP contribution in [0.5, 0.6) is 5.75 Å². The number of ether oxygens (including phenoxy) is 1. The van der Waals surface area contributed by atoms with Gasteiger partial charge in [-0.15, -0.1) is 0 Å². The highest BCUT2D eigenvalue weighted by Crippen LogP contribution is 2.30. The van der Waals surface area contributed by atoms with Crippen LogP contribution >= 0.6 is 0 Å².